The number of unbranched alkanes of at least 4 members (excludes halogenated alkanes) is 7. The molecule has 32 heavy (non-hydrogen) atoms. The molecule has 0 fully saturated rings. The summed E-state index contributed by atoms with van der Waals surface area (Å²) < 4.78 is 27.2. The van der Waals surface area contributed by atoms with Crippen molar-refractivity contribution < 1.29 is 28.5 Å². The highest BCUT2D eigenvalue weighted by molar-refractivity contribution is 5.75. The van der Waals surface area contributed by atoms with Gasteiger partial charge >= 0.3 is 0 Å². The zero-order chi connectivity index (χ0) is 23.5. The molecule has 192 valence electrons. The van der Waals surface area contributed by atoms with Gasteiger partial charge in [0.15, 0.2) is 0 Å². The molecule has 1 amide bonds. The summed E-state index contributed by atoms with van der Waals surface area (Å²) >= 11 is 0. The summed E-state index contributed by atoms with van der Waals surface area (Å²) in [6.07, 6.45) is 10.6. The highest BCUT2D eigenvalue weighted by atomic mass is 16.6. The van der Waals surface area contributed by atoms with Gasteiger partial charge in [-0.1, -0.05) is 65.7 Å². The summed E-state index contributed by atoms with van der Waals surface area (Å²) in [4.78, 5) is 11.8. The van der Waals surface area contributed by atoms with Crippen molar-refractivity contribution in [1.82, 2.24) is 5.32 Å². The van der Waals surface area contributed by atoms with Gasteiger partial charge in [-0.25, -0.2) is 0 Å². The molecule has 0 aliphatic carbocycles. The Bertz CT molecular complexity index is 381. The molecule has 7 nitrogen and oxygen atoms in total. The maximum absolute atomic E-state index is 11.8. The number of amides is 1. The second-order valence-electron chi connectivity index (χ2n) is 8.49. The minimum Gasteiger partial charge on any atom is -0.379 e. The lowest BCUT2D eigenvalue weighted by molar-refractivity contribution is -0.121. The number of hydrogen-bond acceptors (Lipinski definition) is 6. The summed E-state index contributed by atoms with van der Waals surface area (Å²) in [5.41, 5.74) is 0. The van der Waals surface area contributed by atoms with Gasteiger partial charge in [0.2, 0.25) is 5.91 Å². The molecule has 0 bridgehead atoms. The van der Waals surface area contributed by atoms with Gasteiger partial charge in [0.05, 0.1) is 59.5 Å². The van der Waals surface area contributed by atoms with E-state index < -0.39 is 0 Å². The standard InChI is InChI=1S/C25H51NO6/c1-4-5-6-7-8-9-10-11-12-25(27)26-13-14-28-15-16-29-17-18-30-19-20-31-21-22-32-23-24(2)3/h24H,4-23H2,1-3H3,(H,26,27). The Hall–Kier alpha value is -0.730. The van der Waals surface area contributed by atoms with Gasteiger partial charge in [-0.3, -0.25) is 4.79 Å². The van der Waals surface area contributed by atoms with Crippen molar-refractivity contribution in [2.45, 2.75) is 78.6 Å². The Morgan fingerprint density at radius 1 is 0.625 bits per heavy atom. The van der Waals surface area contributed by atoms with Crippen molar-refractivity contribution in [1.29, 1.82) is 0 Å². The van der Waals surface area contributed by atoms with E-state index in [1.54, 1.807) is 0 Å². The molecule has 0 aromatic rings. The third-order valence-corrected chi connectivity index (χ3v) is 4.77. The molecule has 0 radical (unpaired) electrons. The van der Waals surface area contributed by atoms with Gasteiger partial charge in [0.25, 0.3) is 0 Å². The van der Waals surface area contributed by atoms with E-state index in [1.807, 2.05) is 0 Å². The summed E-state index contributed by atoms with van der Waals surface area (Å²) in [7, 11) is 0. The van der Waals surface area contributed by atoms with Crippen LogP contribution in [0.3, 0.4) is 0 Å². The van der Waals surface area contributed by atoms with Crippen LogP contribution >= 0.6 is 0 Å². The van der Waals surface area contributed by atoms with E-state index in [0.717, 1.165) is 19.4 Å². The summed E-state index contributed by atoms with van der Waals surface area (Å²) in [5, 5.41) is 2.91. The molecule has 0 aliphatic rings. The molecule has 1 N–H and O–H groups in total. The van der Waals surface area contributed by atoms with E-state index >= 15 is 0 Å². The van der Waals surface area contributed by atoms with Crippen LogP contribution in [-0.2, 0) is 28.5 Å². The first-order valence-corrected chi connectivity index (χ1v) is 12.8. The molecule has 0 saturated carbocycles. The summed E-state index contributed by atoms with van der Waals surface area (Å²) in [6.45, 7) is 12.8. The monoisotopic (exact) mass is 461 g/mol. The van der Waals surface area contributed by atoms with E-state index in [1.165, 1.54) is 38.5 Å². The molecule has 0 spiro atoms. The van der Waals surface area contributed by atoms with E-state index in [-0.39, 0.29) is 5.91 Å². The van der Waals surface area contributed by atoms with Gasteiger partial charge < -0.3 is 29.0 Å². The minimum atomic E-state index is 0.125. The molecule has 0 aliphatic heterocycles. The minimum absolute atomic E-state index is 0.125. The zero-order valence-electron chi connectivity index (χ0n) is 21.2. The van der Waals surface area contributed by atoms with Crippen LogP contribution in [0.1, 0.15) is 78.6 Å². The lowest BCUT2D eigenvalue weighted by atomic mass is 10.1. The van der Waals surface area contributed by atoms with Crippen LogP contribution in [0, 0.1) is 5.92 Å². The van der Waals surface area contributed by atoms with Crippen LogP contribution in [0.4, 0.5) is 0 Å². The molecule has 0 aromatic carbocycles. The second kappa shape index (κ2) is 26.5. The predicted molar refractivity (Wildman–Crippen MR) is 129 cm³/mol. The Balaban J connectivity index is 3.13. The fourth-order valence-corrected chi connectivity index (χ4v) is 2.97. The Morgan fingerprint density at radius 2 is 1.06 bits per heavy atom. The first-order valence-electron chi connectivity index (χ1n) is 12.8. The number of carbonyl (C=O) groups is 1. The highest BCUT2D eigenvalue weighted by Gasteiger charge is 2.01. The lowest BCUT2D eigenvalue weighted by Crippen LogP contribution is -2.27. The van der Waals surface area contributed by atoms with Crippen LogP contribution < -0.4 is 5.32 Å². The largest absolute Gasteiger partial charge is 0.379 e. The van der Waals surface area contributed by atoms with Gasteiger partial charge in [-0.15, -0.1) is 0 Å². The van der Waals surface area contributed by atoms with Gasteiger partial charge in [-0.05, 0) is 12.3 Å². The number of hydrogen-bond donors (Lipinski definition) is 1. The Morgan fingerprint density at radius 3 is 1.56 bits per heavy atom. The van der Waals surface area contributed by atoms with Crippen LogP contribution in [0.2, 0.25) is 0 Å². The maximum atomic E-state index is 11.8. The predicted octanol–water partition coefficient (Wildman–Crippen LogP) is 4.37. The van der Waals surface area contributed by atoms with Crippen LogP contribution in [0.5, 0.6) is 0 Å². The Kier molecular flexibility index (Phi) is 25.9. The Labute approximate surface area is 197 Å². The fourth-order valence-electron chi connectivity index (χ4n) is 2.97. The van der Waals surface area contributed by atoms with Crippen molar-refractivity contribution >= 4 is 5.91 Å². The van der Waals surface area contributed by atoms with Crippen molar-refractivity contribution in [3.8, 4) is 0 Å². The molecule has 0 atom stereocenters. The van der Waals surface area contributed by atoms with E-state index in [0.29, 0.717) is 78.3 Å². The molecular formula is C25H51NO6. The maximum Gasteiger partial charge on any atom is 0.220 e. The van der Waals surface area contributed by atoms with E-state index in [9.17, 15) is 4.79 Å². The smallest absolute Gasteiger partial charge is 0.220 e. The lowest BCUT2D eigenvalue weighted by Gasteiger charge is -2.09. The quantitative estimate of drug-likeness (QED) is 0.193. The number of rotatable bonds is 26. The topological polar surface area (TPSA) is 75.3 Å². The van der Waals surface area contributed by atoms with Gasteiger partial charge in [0, 0.05) is 19.6 Å². The number of ether oxygens (including phenoxy) is 5. The van der Waals surface area contributed by atoms with Crippen molar-refractivity contribution in [2.75, 3.05) is 72.6 Å². The van der Waals surface area contributed by atoms with Crippen LogP contribution in [0.25, 0.3) is 0 Å². The molecule has 0 unspecified atom stereocenters. The molecule has 0 aromatic heterocycles. The molecule has 7 heteroatoms. The third kappa shape index (κ3) is 27.3. The average Bonchev–Trinajstić information content (AvgIpc) is 2.77. The van der Waals surface area contributed by atoms with Crippen molar-refractivity contribution in [3.63, 3.8) is 0 Å². The van der Waals surface area contributed by atoms with Gasteiger partial charge in [-0.2, -0.15) is 0 Å². The first-order chi connectivity index (χ1) is 15.7. The molecular weight excluding hydrogens is 410 g/mol. The first kappa shape index (κ1) is 31.3. The zero-order valence-corrected chi connectivity index (χ0v) is 21.2. The SMILES string of the molecule is CCCCCCCCCCC(=O)NCCOCCOCCOCCOCCOCC(C)C. The van der Waals surface area contributed by atoms with Crippen molar-refractivity contribution in [3.05, 3.63) is 0 Å². The van der Waals surface area contributed by atoms with Crippen LogP contribution in [0.15, 0.2) is 0 Å². The third-order valence-electron chi connectivity index (χ3n) is 4.77. The number of nitrogens with one attached hydrogen (secondary N) is 1. The second-order valence-corrected chi connectivity index (χ2v) is 8.49. The summed E-state index contributed by atoms with van der Waals surface area (Å²) in [6, 6.07) is 0. The molecule has 0 saturated heterocycles. The highest BCUT2D eigenvalue weighted by Crippen LogP contribution is 2.09. The number of carbonyl (C=O) groups excluding carboxylic acids is 1. The van der Waals surface area contributed by atoms with Crippen LogP contribution in [-0.4, -0.2) is 78.5 Å². The normalized spacial score (nSPS) is 11.4. The molecule has 0 rings (SSSR count). The fraction of sp³-hybridized carbons (Fsp3) is 0.960. The molecule has 0 heterocycles. The van der Waals surface area contributed by atoms with Gasteiger partial charge in [0.1, 0.15) is 0 Å². The van der Waals surface area contributed by atoms with Crippen molar-refractivity contribution in [2.24, 2.45) is 5.92 Å². The van der Waals surface area contributed by atoms with E-state index in [4.69, 9.17) is 23.7 Å². The van der Waals surface area contributed by atoms with E-state index in [2.05, 4.69) is 26.1 Å². The average molecular weight is 462 g/mol. The summed E-state index contributed by atoms with van der Waals surface area (Å²) in [5.74, 6) is 0.680.